The van der Waals surface area contributed by atoms with Gasteiger partial charge in [-0.15, -0.1) is 0 Å². The van der Waals surface area contributed by atoms with E-state index in [4.69, 9.17) is 4.74 Å². The molecule has 0 saturated heterocycles. The van der Waals surface area contributed by atoms with Crippen molar-refractivity contribution in [2.24, 2.45) is 0 Å². The number of benzene rings is 2. The van der Waals surface area contributed by atoms with Crippen molar-refractivity contribution < 1.29 is 9.53 Å². The third kappa shape index (κ3) is 5.20. The van der Waals surface area contributed by atoms with Gasteiger partial charge in [-0.2, -0.15) is 0 Å². The molecule has 1 N–H and O–H groups in total. The molecule has 4 nitrogen and oxygen atoms in total. The topological polar surface area (TPSA) is 41.6 Å². The van der Waals surface area contributed by atoms with E-state index in [0.29, 0.717) is 6.54 Å². The van der Waals surface area contributed by atoms with E-state index < -0.39 is 0 Å². The van der Waals surface area contributed by atoms with Gasteiger partial charge in [0, 0.05) is 31.8 Å². The summed E-state index contributed by atoms with van der Waals surface area (Å²) in [5.41, 5.74) is 5.79. The average molecular weight is 364 g/mol. The van der Waals surface area contributed by atoms with Crippen LogP contribution in [0.15, 0.2) is 54.1 Å². The maximum absolute atomic E-state index is 12.5. The Morgan fingerprint density at radius 3 is 2.67 bits per heavy atom. The highest BCUT2D eigenvalue weighted by atomic mass is 16.5. The molecule has 0 aromatic heterocycles. The van der Waals surface area contributed by atoms with Crippen molar-refractivity contribution >= 4 is 5.91 Å². The van der Waals surface area contributed by atoms with E-state index >= 15 is 0 Å². The normalized spacial score (nSPS) is 14.6. The highest BCUT2D eigenvalue weighted by molar-refractivity contribution is 5.93. The number of ether oxygens (including phenoxy) is 1. The minimum absolute atomic E-state index is 0.0502. The Labute approximate surface area is 161 Å². The predicted octanol–water partition coefficient (Wildman–Crippen LogP) is 3.76. The number of hydrogen-bond donors (Lipinski definition) is 1. The Morgan fingerprint density at radius 2 is 1.96 bits per heavy atom. The smallest absolute Gasteiger partial charge is 0.247 e. The molecule has 0 radical (unpaired) electrons. The van der Waals surface area contributed by atoms with Crippen molar-refractivity contribution in [1.29, 1.82) is 0 Å². The number of amides is 1. The van der Waals surface area contributed by atoms with Gasteiger partial charge in [0.1, 0.15) is 5.75 Å². The Morgan fingerprint density at radius 1 is 1.11 bits per heavy atom. The molecular weight excluding hydrogens is 336 g/mol. The van der Waals surface area contributed by atoms with E-state index in [2.05, 4.69) is 60.5 Å². The van der Waals surface area contributed by atoms with E-state index in [1.807, 2.05) is 12.1 Å². The Bertz CT molecular complexity index is 842. The number of rotatable bonds is 6. The first kappa shape index (κ1) is 19.2. The van der Waals surface area contributed by atoms with Gasteiger partial charge in [-0.1, -0.05) is 36.4 Å². The second kappa shape index (κ2) is 8.87. The molecule has 4 heteroatoms. The molecule has 2 aromatic carbocycles. The largest absolute Gasteiger partial charge is 0.497 e. The van der Waals surface area contributed by atoms with Crippen LogP contribution in [0.3, 0.4) is 0 Å². The molecule has 0 spiro atoms. The van der Waals surface area contributed by atoms with E-state index in [1.165, 1.54) is 16.7 Å². The zero-order valence-electron chi connectivity index (χ0n) is 16.4. The second-order valence-corrected chi connectivity index (χ2v) is 7.17. The standard InChI is InChI=1S/C23H28N2O2/c1-17-7-8-19(13-18(17)2)15-24-23(26)21-9-11-25(12-10-21)16-20-5-4-6-22(14-20)27-3/h4-9,13-14H,10-12,15-16H2,1-3H3,(H,24,26). The molecule has 0 fully saturated rings. The molecule has 0 unspecified atom stereocenters. The first-order valence-corrected chi connectivity index (χ1v) is 9.44. The van der Waals surface area contributed by atoms with Crippen molar-refractivity contribution in [3.05, 3.63) is 76.4 Å². The SMILES string of the molecule is COc1cccc(CN2CC=C(C(=O)NCc3ccc(C)c(C)c3)CC2)c1. The summed E-state index contributed by atoms with van der Waals surface area (Å²) in [6.45, 7) is 7.32. The van der Waals surface area contributed by atoms with E-state index in [0.717, 1.165) is 42.9 Å². The van der Waals surface area contributed by atoms with Crippen LogP contribution in [0.2, 0.25) is 0 Å². The van der Waals surface area contributed by atoms with Crippen molar-refractivity contribution in [3.8, 4) is 5.75 Å². The molecule has 0 bridgehead atoms. The number of methoxy groups -OCH3 is 1. The monoisotopic (exact) mass is 364 g/mol. The fourth-order valence-electron chi connectivity index (χ4n) is 3.30. The molecule has 0 atom stereocenters. The Kier molecular flexibility index (Phi) is 6.30. The van der Waals surface area contributed by atoms with E-state index in [1.54, 1.807) is 7.11 Å². The molecule has 142 valence electrons. The minimum Gasteiger partial charge on any atom is -0.497 e. The van der Waals surface area contributed by atoms with Gasteiger partial charge in [0.25, 0.3) is 0 Å². The van der Waals surface area contributed by atoms with Crippen LogP contribution in [0.5, 0.6) is 5.75 Å². The molecule has 1 amide bonds. The third-order valence-corrected chi connectivity index (χ3v) is 5.15. The molecule has 0 saturated carbocycles. The van der Waals surface area contributed by atoms with Crippen LogP contribution < -0.4 is 10.1 Å². The van der Waals surface area contributed by atoms with Crippen LogP contribution in [0.1, 0.15) is 28.7 Å². The summed E-state index contributed by atoms with van der Waals surface area (Å²) in [7, 11) is 1.69. The average Bonchev–Trinajstić information content (AvgIpc) is 2.69. The predicted molar refractivity (Wildman–Crippen MR) is 109 cm³/mol. The molecule has 1 aliphatic rings. The lowest BCUT2D eigenvalue weighted by Gasteiger charge is -2.26. The molecule has 3 rings (SSSR count). The molecule has 1 aliphatic heterocycles. The summed E-state index contributed by atoms with van der Waals surface area (Å²) < 4.78 is 5.29. The lowest BCUT2D eigenvalue weighted by molar-refractivity contribution is -0.117. The van der Waals surface area contributed by atoms with Crippen LogP contribution in [0, 0.1) is 13.8 Å². The number of aryl methyl sites for hydroxylation is 2. The van der Waals surface area contributed by atoms with Gasteiger partial charge < -0.3 is 10.1 Å². The number of nitrogens with zero attached hydrogens (tertiary/aromatic N) is 1. The summed E-state index contributed by atoms with van der Waals surface area (Å²) in [5.74, 6) is 0.931. The maximum Gasteiger partial charge on any atom is 0.247 e. The molecule has 1 heterocycles. The minimum atomic E-state index is 0.0502. The first-order valence-electron chi connectivity index (χ1n) is 9.44. The maximum atomic E-state index is 12.5. The summed E-state index contributed by atoms with van der Waals surface area (Å²) in [5, 5.41) is 3.05. The van der Waals surface area contributed by atoms with Crippen molar-refractivity contribution in [3.63, 3.8) is 0 Å². The summed E-state index contributed by atoms with van der Waals surface area (Å²) in [6, 6.07) is 14.5. The van der Waals surface area contributed by atoms with Crippen LogP contribution in [-0.4, -0.2) is 31.0 Å². The van der Waals surface area contributed by atoms with E-state index in [9.17, 15) is 4.79 Å². The van der Waals surface area contributed by atoms with Crippen LogP contribution in [-0.2, 0) is 17.9 Å². The van der Waals surface area contributed by atoms with E-state index in [-0.39, 0.29) is 5.91 Å². The van der Waals surface area contributed by atoms with Gasteiger partial charge in [0.2, 0.25) is 5.91 Å². The molecule has 27 heavy (non-hydrogen) atoms. The summed E-state index contributed by atoms with van der Waals surface area (Å²) in [6.07, 6.45) is 2.84. The summed E-state index contributed by atoms with van der Waals surface area (Å²) in [4.78, 5) is 14.8. The Balaban J connectivity index is 1.51. The van der Waals surface area contributed by atoms with Gasteiger partial charge in [0.15, 0.2) is 0 Å². The first-order chi connectivity index (χ1) is 13.0. The quantitative estimate of drug-likeness (QED) is 0.849. The molecule has 2 aromatic rings. The van der Waals surface area contributed by atoms with Gasteiger partial charge in [-0.3, -0.25) is 9.69 Å². The van der Waals surface area contributed by atoms with Crippen LogP contribution in [0.4, 0.5) is 0 Å². The number of nitrogens with one attached hydrogen (secondary N) is 1. The summed E-state index contributed by atoms with van der Waals surface area (Å²) >= 11 is 0. The Hall–Kier alpha value is -2.59. The lowest BCUT2D eigenvalue weighted by Crippen LogP contribution is -2.33. The van der Waals surface area contributed by atoms with Gasteiger partial charge in [-0.25, -0.2) is 0 Å². The third-order valence-electron chi connectivity index (χ3n) is 5.15. The fourth-order valence-corrected chi connectivity index (χ4v) is 3.30. The highest BCUT2D eigenvalue weighted by Crippen LogP contribution is 2.18. The lowest BCUT2D eigenvalue weighted by atomic mass is 10.0. The van der Waals surface area contributed by atoms with Crippen LogP contribution >= 0.6 is 0 Å². The van der Waals surface area contributed by atoms with Crippen molar-refractivity contribution in [1.82, 2.24) is 10.2 Å². The number of carbonyl (C=O) groups is 1. The van der Waals surface area contributed by atoms with Gasteiger partial charge >= 0.3 is 0 Å². The second-order valence-electron chi connectivity index (χ2n) is 7.17. The number of carbonyl (C=O) groups excluding carboxylic acids is 1. The van der Waals surface area contributed by atoms with Crippen molar-refractivity contribution in [2.45, 2.75) is 33.4 Å². The highest BCUT2D eigenvalue weighted by Gasteiger charge is 2.17. The van der Waals surface area contributed by atoms with Crippen molar-refractivity contribution in [2.75, 3.05) is 20.2 Å². The van der Waals surface area contributed by atoms with Crippen LogP contribution in [0.25, 0.3) is 0 Å². The van der Waals surface area contributed by atoms with Gasteiger partial charge in [0.05, 0.1) is 7.11 Å². The fraction of sp³-hybridized carbons (Fsp3) is 0.348. The van der Waals surface area contributed by atoms with Gasteiger partial charge in [-0.05, 0) is 54.7 Å². The molecular formula is C23H28N2O2. The zero-order valence-corrected chi connectivity index (χ0v) is 16.4. The molecule has 0 aliphatic carbocycles. The zero-order chi connectivity index (χ0) is 19.2. The number of hydrogen-bond acceptors (Lipinski definition) is 3.